The molecule has 1 heterocycles. The van der Waals surface area contributed by atoms with Crippen LogP contribution in [-0.2, 0) is 10.0 Å². The second kappa shape index (κ2) is 7.28. The zero-order valence-electron chi connectivity index (χ0n) is 12.9. The average Bonchev–Trinajstić information content (AvgIpc) is 2.92. The summed E-state index contributed by atoms with van der Waals surface area (Å²) in [7, 11) is -4.04. The van der Waals surface area contributed by atoms with Gasteiger partial charge in [0.15, 0.2) is 5.01 Å². The predicted octanol–water partition coefficient (Wildman–Crippen LogP) is 5.41. The van der Waals surface area contributed by atoms with E-state index in [0.29, 0.717) is 10.6 Å². The monoisotopic (exact) mass is 451 g/mol. The fourth-order valence-corrected chi connectivity index (χ4v) is 5.79. The van der Waals surface area contributed by atoms with Crippen LogP contribution in [-0.4, -0.2) is 18.6 Å². The van der Waals surface area contributed by atoms with Gasteiger partial charge in [0.05, 0.1) is 15.6 Å². The topological polar surface area (TPSA) is 72.0 Å². The van der Waals surface area contributed by atoms with Crippen LogP contribution in [0.3, 0.4) is 0 Å². The Morgan fingerprint density at radius 1 is 1.12 bits per heavy atom. The third-order valence-corrected chi connectivity index (χ3v) is 6.76. The lowest BCUT2D eigenvalue weighted by Crippen LogP contribution is -2.14. The summed E-state index contributed by atoms with van der Waals surface area (Å²) < 4.78 is 41.5. The first kappa shape index (κ1) is 19.3. The summed E-state index contributed by atoms with van der Waals surface area (Å²) in [6.45, 7) is 1.57. The summed E-state index contributed by atoms with van der Waals surface area (Å²) in [6.07, 6.45) is 0. The molecule has 3 rings (SSSR count). The van der Waals surface area contributed by atoms with Crippen molar-refractivity contribution in [3.8, 4) is 10.6 Å². The van der Waals surface area contributed by atoms with Gasteiger partial charge in [0.25, 0.3) is 10.0 Å². The number of benzene rings is 2. The fourth-order valence-electron chi connectivity index (χ4n) is 2.26. The van der Waals surface area contributed by atoms with Gasteiger partial charge in [0, 0.05) is 5.02 Å². The van der Waals surface area contributed by atoms with Crippen LogP contribution in [0, 0.1) is 12.7 Å². The molecule has 0 saturated heterocycles. The highest BCUT2D eigenvalue weighted by Crippen LogP contribution is 2.35. The molecule has 0 atom stereocenters. The number of halogens is 4. The van der Waals surface area contributed by atoms with Crippen molar-refractivity contribution in [3.63, 3.8) is 0 Å². The molecule has 136 valence electrons. The van der Waals surface area contributed by atoms with Crippen LogP contribution in [0.2, 0.25) is 15.1 Å². The molecule has 0 amide bonds. The van der Waals surface area contributed by atoms with Crippen LogP contribution in [0.4, 0.5) is 9.52 Å². The molecule has 26 heavy (non-hydrogen) atoms. The molecule has 0 fully saturated rings. The van der Waals surface area contributed by atoms with E-state index in [1.165, 1.54) is 30.3 Å². The molecule has 0 bridgehead atoms. The largest absolute Gasteiger partial charge is 0.265 e. The molecule has 1 aromatic heterocycles. The van der Waals surface area contributed by atoms with Crippen LogP contribution in [0.15, 0.2) is 35.2 Å². The van der Waals surface area contributed by atoms with E-state index in [2.05, 4.69) is 14.9 Å². The van der Waals surface area contributed by atoms with Gasteiger partial charge in [-0.25, -0.2) is 12.8 Å². The van der Waals surface area contributed by atoms with E-state index in [9.17, 15) is 12.8 Å². The van der Waals surface area contributed by atoms with E-state index in [4.69, 9.17) is 34.8 Å². The lowest BCUT2D eigenvalue weighted by atomic mass is 10.2. The molecule has 5 nitrogen and oxygen atoms in total. The Kier molecular flexibility index (Phi) is 5.41. The van der Waals surface area contributed by atoms with Crippen molar-refractivity contribution in [3.05, 3.63) is 56.8 Å². The van der Waals surface area contributed by atoms with Crippen molar-refractivity contribution < 1.29 is 12.8 Å². The Morgan fingerprint density at radius 3 is 2.50 bits per heavy atom. The second-order valence-corrected chi connectivity index (χ2v) is 9.00. The van der Waals surface area contributed by atoms with E-state index >= 15 is 0 Å². The van der Waals surface area contributed by atoms with Crippen LogP contribution >= 0.6 is 46.1 Å². The van der Waals surface area contributed by atoms with Crippen LogP contribution in [0.5, 0.6) is 0 Å². The van der Waals surface area contributed by atoms with Gasteiger partial charge in [0.1, 0.15) is 10.7 Å². The zero-order chi connectivity index (χ0) is 19.1. The number of sulfonamides is 1. The third kappa shape index (κ3) is 3.79. The van der Waals surface area contributed by atoms with E-state index in [1.54, 1.807) is 6.92 Å². The molecular weight excluding hydrogens is 444 g/mol. The van der Waals surface area contributed by atoms with Gasteiger partial charge in [0.2, 0.25) is 5.13 Å². The maximum atomic E-state index is 14.0. The summed E-state index contributed by atoms with van der Waals surface area (Å²) >= 11 is 18.7. The molecule has 3 aromatic rings. The number of aromatic nitrogens is 2. The molecule has 0 aliphatic heterocycles. The summed E-state index contributed by atoms with van der Waals surface area (Å²) in [5, 5.41) is 8.09. The lowest BCUT2D eigenvalue weighted by Gasteiger charge is -2.10. The van der Waals surface area contributed by atoms with Gasteiger partial charge in [-0.3, -0.25) is 4.72 Å². The first-order valence-electron chi connectivity index (χ1n) is 6.95. The molecule has 0 spiro atoms. The maximum absolute atomic E-state index is 14.0. The molecule has 0 aliphatic rings. The molecule has 0 radical (unpaired) electrons. The molecule has 0 aliphatic carbocycles. The Morgan fingerprint density at radius 2 is 1.85 bits per heavy atom. The quantitative estimate of drug-likeness (QED) is 0.574. The summed E-state index contributed by atoms with van der Waals surface area (Å²) in [5.41, 5.74) is 0.426. The number of anilines is 1. The number of nitrogens with zero attached hydrogens (tertiary/aromatic N) is 2. The SMILES string of the molecule is Cc1cc(Cl)cc(Cl)c1S(=O)(=O)Nc1nnc(-c2c(F)cccc2Cl)s1. The van der Waals surface area contributed by atoms with Crippen LogP contribution in [0.1, 0.15) is 5.56 Å². The predicted molar refractivity (Wildman–Crippen MR) is 102 cm³/mol. The Hall–Kier alpha value is -1.45. The van der Waals surface area contributed by atoms with Crippen LogP contribution < -0.4 is 4.72 Å². The first-order chi connectivity index (χ1) is 12.2. The second-order valence-electron chi connectivity index (χ2n) is 5.15. The molecule has 0 saturated carbocycles. The number of aryl methyl sites for hydroxylation is 1. The summed E-state index contributed by atoms with van der Waals surface area (Å²) in [4.78, 5) is -0.121. The number of hydrogen-bond acceptors (Lipinski definition) is 5. The standard InChI is InChI=1S/C15H9Cl3FN3O2S2/c1-7-5-8(16)6-10(18)13(7)26(23,24)22-15-21-20-14(25-15)12-9(17)3-2-4-11(12)19/h2-6H,1H3,(H,21,22). The van der Waals surface area contributed by atoms with Crippen molar-refractivity contribution in [2.24, 2.45) is 0 Å². The summed E-state index contributed by atoms with van der Waals surface area (Å²) in [5.74, 6) is -0.584. The highest BCUT2D eigenvalue weighted by Gasteiger charge is 2.24. The maximum Gasteiger partial charge on any atom is 0.265 e. The fraction of sp³-hybridized carbons (Fsp3) is 0.0667. The average molecular weight is 453 g/mol. The van der Waals surface area contributed by atoms with Crippen molar-refractivity contribution in [1.82, 2.24) is 10.2 Å². The third-order valence-electron chi connectivity index (χ3n) is 3.29. The highest BCUT2D eigenvalue weighted by atomic mass is 35.5. The normalized spacial score (nSPS) is 11.6. The van der Waals surface area contributed by atoms with Crippen molar-refractivity contribution in [2.75, 3.05) is 4.72 Å². The minimum Gasteiger partial charge on any atom is -0.253 e. The van der Waals surface area contributed by atoms with Gasteiger partial charge in [-0.15, -0.1) is 10.2 Å². The van der Waals surface area contributed by atoms with Crippen molar-refractivity contribution in [1.29, 1.82) is 0 Å². The van der Waals surface area contributed by atoms with E-state index in [0.717, 1.165) is 11.3 Å². The van der Waals surface area contributed by atoms with Gasteiger partial charge < -0.3 is 0 Å². The summed E-state index contributed by atoms with van der Waals surface area (Å²) in [6, 6.07) is 6.99. The molecule has 2 aromatic carbocycles. The van der Waals surface area contributed by atoms with Gasteiger partial charge in [-0.1, -0.05) is 52.2 Å². The molecular formula is C15H9Cl3FN3O2S2. The van der Waals surface area contributed by atoms with Crippen LogP contribution in [0.25, 0.3) is 10.6 Å². The van der Waals surface area contributed by atoms with E-state index in [1.807, 2.05) is 0 Å². The van der Waals surface area contributed by atoms with E-state index < -0.39 is 15.8 Å². The zero-order valence-corrected chi connectivity index (χ0v) is 16.8. The lowest BCUT2D eigenvalue weighted by molar-refractivity contribution is 0.600. The number of nitrogens with one attached hydrogen (secondary N) is 1. The molecule has 0 unspecified atom stereocenters. The minimum atomic E-state index is -4.04. The van der Waals surface area contributed by atoms with Crippen molar-refractivity contribution >= 4 is 61.3 Å². The van der Waals surface area contributed by atoms with Crippen molar-refractivity contribution in [2.45, 2.75) is 11.8 Å². The first-order valence-corrected chi connectivity index (χ1v) is 10.4. The highest BCUT2D eigenvalue weighted by molar-refractivity contribution is 7.93. The van der Waals surface area contributed by atoms with Gasteiger partial charge in [-0.2, -0.15) is 0 Å². The minimum absolute atomic E-state index is 0.0237. The van der Waals surface area contributed by atoms with Gasteiger partial charge in [-0.05, 0) is 36.8 Å². The van der Waals surface area contributed by atoms with E-state index in [-0.39, 0.29) is 30.6 Å². The van der Waals surface area contributed by atoms with Gasteiger partial charge >= 0.3 is 0 Å². The Labute approximate surface area is 167 Å². The number of rotatable bonds is 4. The molecule has 1 N–H and O–H groups in total. The number of hydrogen-bond donors (Lipinski definition) is 1. The Bertz CT molecular complexity index is 1060. The molecule has 11 heteroatoms. The Balaban J connectivity index is 1.97. The smallest absolute Gasteiger partial charge is 0.253 e.